The molecule has 0 aliphatic heterocycles. The largest absolute Gasteiger partial charge is 0.480 e. The molecule has 116 valence electrons. The van der Waals surface area contributed by atoms with Crippen LogP contribution < -0.4 is 5.32 Å². The highest BCUT2D eigenvalue weighted by atomic mass is 16.5. The Bertz CT molecular complexity index is 461. The van der Waals surface area contributed by atoms with E-state index in [1.807, 2.05) is 25.1 Å². The highest BCUT2D eigenvalue weighted by Crippen LogP contribution is 2.18. The molecular weight excluding hydrogens is 270 g/mol. The van der Waals surface area contributed by atoms with Crippen LogP contribution in [0.2, 0.25) is 0 Å². The topological polar surface area (TPSA) is 75.6 Å². The molecule has 0 heterocycles. The fourth-order valence-corrected chi connectivity index (χ4v) is 2.03. The number of hydrogen-bond donors (Lipinski definition) is 2. The van der Waals surface area contributed by atoms with Gasteiger partial charge in [0.05, 0.1) is 0 Å². The van der Waals surface area contributed by atoms with Crippen LogP contribution in [0.3, 0.4) is 0 Å². The number of nitrogens with one attached hydrogen (secondary N) is 1. The van der Waals surface area contributed by atoms with Gasteiger partial charge in [-0.1, -0.05) is 50.6 Å². The Kier molecular flexibility index (Phi) is 6.88. The van der Waals surface area contributed by atoms with Crippen LogP contribution >= 0.6 is 0 Å². The van der Waals surface area contributed by atoms with Crippen molar-refractivity contribution in [2.75, 3.05) is 6.61 Å². The number of amides is 1. The van der Waals surface area contributed by atoms with E-state index in [0.717, 1.165) is 0 Å². The van der Waals surface area contributed by atoms with E-state index in [9.17, 15) is 14.7 Å². The molecule has 0 aliphatic rings. The molecule has 0 saturated heterocycles. The summed E-state index contributed by atoms with van der Waals surface area (Å²) in [6, 6.07) is 8.16. The van der Waals surface area contributed by atoms with Gasteiger partial charge in [-0.15, -0.1) is 0 Å². The minimum Gasteiger partial charge on any atom is -0.480 e. The molecule has 5 heteroatoms. The Labute approximate surface area is 125 Å². The Hall–Kier alpha value is -1.88. The molecular formula is C16H23NO4. The maximum absolute atomic E-state index is 12.4. The van der Waals surface area contributed by atoms with Crippen molar-refractivity contribution in [3.05, 3.63) is 35.9 Å². The van der Waals surface area contributed by atoms with E-state index in [2.05, 4.69) is 5.32 Å². The van der Waals surface area contributed by atoms with Gasteiger partial charge in [-0.2, -0.15) is 0 Å². The van der Waals surface area contributed by atoms with Crippen LogP contribution in [0.15, 0.2) is 30.3 Å². The Balaban J connectivity index is 2.88. The molecule has 3 atom stereocenters. The number of carboxylic acid groups (broad SMARTS) is 1. The number of hydrogen-bond acceptors (Lipinski definition) is 3. The van der Waals surface area contributed by atoms with Crippen molar-refractivity contribution in [1.82, 2.24) is 5.32 Å². The lowest BCUT2D eigenvalue weighted by Crippen LogP contribution is -2.47. The smallest absolute Gasteiger partial charge is 0.326 e. The van der Waals surface area contributed by atoms with Gasteiger partial charge in [0, 0.05) is 6.61 Å². The first-order chi connectivity index (χ1) is 10.0. The summed E-state index contributed by atoms with van der Waals surface area (Å²) in [6.07, 6.45) is -0.121. The zero-order valence-corrected chi connectivity index (χ0v) is 12.7. The molecule has 0 aliphatic carbocycles. The van der Waals surface area contributed by atoms with Gasteiger partial charge in [-0.3, -0.25) is 4.79 Å². The molecule has 0 saturated carbocycles. The second-order valence-corrected chi connectivity index (χ2v) is 4.96. The van der Waals surface area contributed by atoms with E-state index in [0.29, 0.717) is 18.6 Å². The summed E-state index contributed by atoms with van der Waals surface area (Å²) >= 11 is 0. The molecule has 0 aromatic heterocycles. The lowest BCUT2D eigenvalue weighted by molar-refractivity contribution is -0.146. The maximum Gasteiger partial charge on any atom is 0.326 e. The van der Waals surface area contributed by atoms with Crippen LogP contribution in [0.1, 0.15) is 38.9 Å². The lowest BCUT2D eigenvalue weighted by atomic mass is 9.98. The third kappa shape index (κ3) is 4.86. The second-order valence-electron chi connectivity index (χ2n) is 4.96. The predicted octanol–water partition coefficient (Wildman–Crippen LogP) is 2.38. The minimum absolute atomic E-state index is 0.149. The average Bonchev–Trinajstić information content (AvgIpc) is 2.49. The zero-order chi connectivity index (χ0) is 15.8. The first-order valence-corrected chi connectivity index (χ1v) is 7.20. The van der Waals surface area contributed by atoms with Crippen LogP contribution in [-0.2, 0) is 14.3 Å². The van der Waals surface area contributed by atoms with Gasteiger partial charge < -0.3 is 15.2 Å². The van der Waals surface area contributed by atoms with E-state index in [-0.39, 0.29) is 5.92 Å². The van der Waals surface area contributed by atoms with Crippen LogP contribution in [0, 0.1) is 5.92 Å². The second kappa shape index (κ2) is 8.42. The number of aliphatic carboxylic acids is 1. The highest BCUT2D eigenvalue weighted by molar-refractivity contribution is 5.87. The van der Waals surface area contributed by atoms with E-state index in [1.54, 1.807) is 26.0 Å². The van der Waals surface area contributed by atoms with Crippen molar-refractivity contribution in [2.24, 2.45) is 5.92 Å². The Morgan fingerprint density at radius 1 is 1.24 bits per heavy atom. The van der Waals surface area contributed by atoms with Crippen molar-refractivity contribution in [3.8, 4) is 0 Å². The molecule has 2 N–H and O–H groups in total. The molecule has 0 fully saturated rings. The van der Waals surface area contributed by atoms with Gasteiger partial charge in [0.1, 0.15) is 6.04 Å². The quantitative estimate of drug-likeness (QED) is 0.771. The van der Waals surface area contributed by atoms with Crippen LogP contribution in [-0.4, -0.2) is 29.6 Å². The minimum atomic E-state index is -1.03. The third-order valence-electron chi connectivity index (χ3n) is 3.45. The summed E-state index contributed by atoms with van der Waals surface area (Å²) in [5.41, 5.74) is 0.713. The maximum atomic E-state index is 12.4. The molecule has 21 heavy (non-hydrogen) atoms. The van der Waals surface area contributed by atoms with E-state index in [4.69, 9.17) is 4.74 Å². The first kappa shape index (κ1) is 17.2. The van der Waals surface area contributed by atoms with E-state index in [1.165, 1.54) is 0 Å². The van der Waals surface area contributed by atoms with E-state index < -0.39 is 24.0 Å². The summed E-state index contributed by atoms with van der Waals surface area (Å²) in [5.74, 6) is -1.60. The Morgan fingerprint density at radius 2 is 1.86 bits per heavy atom. The number of carboxylic acids is 1. The molecule has 3 unspecified atom stereocenters. The first-order valence-electron chi connectivity index (χ1n) is 7.20. The molecule has 1 amide bonds. The summed E-state index contributed by atoms with van der Waals surface area (Å²) in [5, 5.41) is 11.8. The molecule has 5 nitrogen and oxygen atoms in total. The molecule has 1 aromatic carbocycles. The van der Waals surface area contributed by atoms with Crippen molar-refractivity contribution in [3.63, 3.8) is 0 Å². The average molecular weight is 293 g/mol. The van der Waals surface area contributed by atoms with Gasteiger partial charge in [0.25, 0.3) is 5.91 Å². The number of carbonyl (C=O) groups excluding carboxylic acids is 1. The highest BCUT2D eigenvalue weighted by Gasteiger charge is 2.29. The molecule has 1 rings (SSSR count). The third-order valence-corrected chi connectivity index (χ3v) is 3.45. The van der Waals surface area contributed by atoms with Gasteiger partial charge in [-0.25, -0.2) is 4.79 Å². The van der Waals surface area contributed by atoms with Crippen LogP contribution in [0.5, 0.6) is 0 Å². The lowest BCUT2D eigenvalue weighted by Gasteiger charge is -2.23. The number of carbonyl (C=O) groups is 2. The fourth-order valence-electron chi connectivity index (χ4n) is 2.03. The van der Waals surface area contributed by atoms with Crippen molar-refractivity contribution >= 4 is 11.9 Å². The van der Waals surface area contributed by atoms with E-state index >= 15 is 0 Å². The zero-order valence-electron chi connectivity index (χ0n) is 12.7. The van der Waals surface area contributed by atoms with Gasteiger partial charge in [-0.05, 0) is 18.4 Å². The normalized spacial score (nSPS) is 15.0. The summed E-state index contributed by atoms with van der Waals surface area (Å²) in [6.45, 7) is 5.86. The Morgan fingerprint density at radius 3 is 2.33 bits per heavy atom. The number of rotatable bonds is 8. The summed E-state index contributed by atoms with van der Waals surface area (Å²) in [4.78, 5) is 23.7. The van der Waals surface area contributed by atoms with Gasteiger partial charge in [0.2, 0.25) is 0 Å². The van der Waals surface area contributed by atoms with Crippen molar-refractivity contribution < 1.29 is 19.4 Å². The molecule has 0 bridgehead atoms. The molecule has 1 aromatic rings. The summed E-state index contributed by atoms with van der Waals surface area (Å²) in [7, 11) is 0. The van der Waals surface area contributed by atoms with Crippen LogP contribution in [0.25, 0.3) is 0 Å². The standard InChI is InChI=1S/C16H23NO4/c1-4-11(3)13(16(19)20)17-15(18)14(21-5-2)12-9-7-6-8-10-12/h6-11,13-14H,4-5H2,1-3H3,(H,17,18)(H,19,20). The van der Waals surface area contributed by atoms with Crippen molar-refractivity contribution in [2.45, 2.75) is 39.3 Å². The van der Waals surface area contributed by atoms with Crippen LogP contribution in [0.4, 0.5) is 0 Å². The monoisotopic (exact) mass is 293 g/mol. The van der Waals surface area contributed by atoms with Crippen molar-refractivity contribution in [1.29, 1.82) is 0 Å². The molecule has 0 radical (unpaired) electrons. The fraction of sp³-hybridized carbons (Fsp3) is 0.500. The number of benzene rings is 1. The molecule has 0 spiro atoms. The summed E-state index contributed by atoms with van der Waals surface area (Å²) < 4.78 is 5.48. The van der Waals surface area contributed by atoms with Gasteiger partial charge in [0.15, 0.2) is 6.10 Å². The predicted molar refractivity (Wildman–Crippen MR) is 79.8 cm³/mol. The SMILES string of the molecule is CCOC(C(=O)NC(C(=O)O)C(C)CC)c1ccccc1. The van der Waals surface area contributed by atoms with Gasteiger partial charge >= 0.3 is 5.97 Å². The number of ether oxygens (including phenoxy) is 1.